The van der Waals surface area contributed by atoms with Gasteiger partial charge in [0.1, 0.15) is 17.3 Å². The molecule has 0 saturated carbocycles. The van der Waals surface area contributed by atoms with E-state index in [4.69, 9.17) is 9.73 Å². The molecule has 1 saturated heterocycles. The number of ether oxygens (including phenoxy) is 1. The van der Waals surface area contributed by atoms with E-state index in [-0.39, 0.29) is 12.1 Å². The molecule has 32 heavy (non-hydrogen) atoms. The Labute approximate surface area is 189 Å². The number of hydrogen-bond acceptors (Lipinski definition) is 4. The molecule has 1 aromatic carbocycles. The largest absolute Gasteiger partial charge is 0.458 e. The zero-order chi connectivity index (χ0) is 22.2. The van der Waals surface area contributed by atoms with Crippen LogP contribution in [-0.4, -0.2) is 38.9 Å². The predicted molar refractivity (Wildman–Crippen MR) is 126 cm³/mol. The Bertz CT molecular complexity index is 976. The summed E-state index contributed by atoms with van der Waals surface area (Å²) in [5.74, 6) is 2.40. The van der Waals surface area contributed by atoms with E-state index in [1.807, 2.05) is 46.0 Å². The molecule has 1 unspecified atom stereocenters. The van der Waals surface area contributed by atoms with Gasteiger partial charge in [0.15, 0.2) is 0 Å². The Morgan fingerprint density at radius 1 is 1.19 bits per heavy atom. The number of nitrogens with zero attached hydrogens (tertiary/aromatic N) is 4. The molecule has 1 atom stereocenters. The number of urea groups is 1. The van der Waals surface area contributed by atoms with E-state index in [0.717, 1.165) is 68.1 Å². The molecular formula is C25H31N5O2. The summed E-state index contributed by atoms with van der Waals surface area (Å²) in [6.07, 6.45) is 17.7. The van der Waals surface area contributed by atoms with Crippen molar-refractivity contribution in [2.75, 3.05) is 6.54 Å². The lowest BCUT2D eigenvalue weighted by atomic mass is 10.1. The van der Waals surface area contributed by atoms with Crippen LogP contribution in [0.4, 0.5) is 10.5 Å². The number of aromatic nitrogens is 2. The molecule has 2 heterocycles. The van der Waals surface area contributed by atoms with Crippen LogP contribution in [0.1, 0.15) is 45.4 Å². The number of benzene rings is 1. The average molecular weight is 434 g/mol. The van der Waals surface area contributed by atoms with Crippen LogP contribution < -0.4 is 10.1 Å². The molecular weight excluding hydrogens is 402 g/mol. The first-order chi connectivity index (χ1) is 15.7. The zero-order valence-electron chi connectivity index (χ0n) is 18.6. The minimum Gasteiger partial charge on any atom is -0.458 e. The van der Waals surface area contributed by atoms with Crippen molar-refractivity contribution >= 4 is 17.6 Å². The van der Waals surface area contributed by atoms with Crippen molar-refractivity contribution in [3.63, 3.8) is 0 Å². The average Bonchev–Trinajstić information content (AvgIpc) is 3.43. The van der Waals surface area contributed by atoms with Crippen molar-refractivity contribution in [1.29, 1.82) is 0 Å². The van der Waals surface area contributed by atoms with Crippen molar-refractivity contribution in [3.05, 3.63) is 67.0 Å². The molecule has 2 aromatic rings. The molecule has 4 rings (SSSR count). The lowest BCUT2D eigenvalue weighted by Crippen LogP contribution is -2.36. The number of nitrogens with one attached hydrogen (secondary N) is 1. The summed E-state index contributed by atoms with van der Waals surface area (Å²) < 4.78 is 7.94. The fraction of sp³-hybridized carbons (Fsp3) is 0.400. The number of rotatable bonds is 10. The molecule has 0 spiro atoms. The molecule has 0 radical (unpaired) electrons. The highest BCUT2D eigenvalue weighted by Gasteiger charge is 2.35. The normalized spacial score (nSPS) is 19.3. The van der Waals surface area contributed by atoms with Crippen LogP contribution in [0.3, 0.4) is 0 Å². The van der Waals surface area contributed by atoms with Crippen molar-refractivity contribution < 1.29 is 9.53 Å². The van der Waals surface area contributed by atoms with Crippen LogP contribution in [0.2, 0.25) is 0 Å². The van der Waals surface area contributed by atoms with Gasteiger partial charge in [-0.25, -0.2) is 14.8 Å². The first-order valence-corrected chi connectivity index (χ1v) is 11.5. The minimum absolute atomic E-state index is 0.0151. The smallest absolute Gasteiger partial charge is 0.323 e. The number of carbonyl (C=O) groups is 1. The van der Waals surface area contributed by atoms with Gasteiger partial charge in [-0.15, -0.1) is 0 Å². The molecule has 1 N–H and O–H groups in total. The Morgan fingerprint density at radius 2 is 2.06 bits per heavy atom. The van der Waals surface area contributed by atoms with Crippen molar-refractivity contribution in [3.8, 4) is 5.75 Å². The van der Waals surface area contributed by atoms with E-state index in [1.165, 1.54) is 0 Å². The Balaban J connectivity index is 1.42. The SMILES string of the molecule is CCCCC1C(=Nc2ccc(OC3=CCCC=C3)cc2)NC(=O)N1CCCn1ccnc1. The number of allylic oxidation sites excluding steroid dienone is 3. The van der Waals surface area contributed by atoms with E-state index < -0.39 is 0 Å². The molecule has 2 aliphatic rings. The predicted octanol–water partition coefficient (Wildman–Crippen LogP) is 5.20. The monoisotopic (exact) mass is 433 g/mol. The highest BCUT2D eigenvalue weighted by Crippen LogP contribution is 2.24. The van der Waals surface area contributed by atoms with Crippen LogP contribution in [0.5, 0.6) is 5.75 Å². The van der Waals surface area contributed by atoms with Gasteiger partial charge in [-0.2, -0.15) is 0 Å². The van der Waals surface area contributed by atoms with E-state index >= 15 is 0 Å². The van der Waals surface area contributed by atoms with Crippen LogP contribution in [0.25, 0.3) is 0 Å². The molecule has 7 nitrogen and oxygen atoms in total. The summed E-state index contributed by atoms with van der Waals surface area (Å²) >= 11 is 0. The number of hydrogen-bond donors (Lipinski definition) is 1. The molecule has 1 fully saturated rings. The highest BCUT2D eigenvalue weighted by atomic mass is 16.5. The molecule has 2 amide bonds. The van der Waals surface area contributed by atoms with E-state index in [1.54, 1.807) is 12.5 Å². The number of aryl methyl sites for hydroxylation is 1. The molecule has 0 bridgehead atoms. The van der Waals surface area contributed by atoms with Gasteiger partial charge in [0.25, 0.3) is 0 Å². The van der Waals surface area contributed by atoms with Gasteiger partial charge in [0.05, 0.1) is 18.1 Å². The maximum absolute atomic E-state index is 12.7. The van der Waals surface area contributed by atoms with Gasteiger partial charge in [-0.3, -0.25) is 5.32 Å². The molecule has 1 aliphatic heterocycles. The second-order valence-electron chi connectivity index (χ2n) is 8.11. The summed E-state index contributed by atoms with van der Waals surface area (Å²) in [7, 11) is 0. The lowest BCUT2D eigenvalue weighted by Gasteiger charge is -2.23. The molecule has 168 valence electrons. The Morgan fingerprint density at radius 3 is 2.78 bits per heavy atom. The Hall–Kier alpha value is -3.35. The number of amidine groups is 1. The van der Waals surface area contributed by atoms with Gasteiger partial charge in [0.2, 0.25) is 0 Å². The van der Waals surface area contributed by atoms with E-state index in [9.17, 15) is 4.79 Å². The van der Waals surface area contributed by atoms with Crippen LogP contribution in [0, 0.1) is 0 Å². The molecule has 7 heteroatoms. The summed E-state index contributed by atoms with van der Waals surface area (Å²) in [5.41, 5.74) is 0.808. The van der Waals surface area contributed by atoms with Gasteiger partial charge >= 0.3 is 6.03 Å². The third-order valence-corrected chi connectivity index (χ3v) is 5.68. The maximum atomic E-state index is 12.7. The summed E-state index contributed by atoms with van der Waals surface area (Å²) in [6, 6.07) is 7.62. The number of unbranched alkanes of at least 4 members (excludes halogenated alkanes) is 1. The van der Waals surface area contributed by atoms with E-state index in [0.29, 0.717) is 6.54 Å². The van der Waals surface area contributed by atoms with Crippen LogP contribution in [-0.2, 0) is 6.54 Å². The lowest BCUT2D eigenvalue weighted by molar-refractivity contribution is 0.201. The van der Waals surface area contributed by atoms with E-state index in [2.05, 4.69) is 29.4 Å². The zero-order valence-corrected chi connectivity index (χ0v) is 18.6. The number of imidazole rings is 1. The standard InChI is InChI=1S/C25H31N5O2/c1-2-3-10-23-24(28-25(31)30(23)17-7-16-29-18-15-26-19-29)27-20-11-13-22(14-12-20)32-21-8-5-4-6-9-21/h5,8-9,11-15,18-19,23H,2-4,6-7,10,16-17H2,1H3,(H,27,28,31). The summed E-state index contributed by atoms with van der Waals surface area (Å²) in [5, 5.41) is 3.00. The van der Waals surface area contributed by atoms with Crippen LogP contribution in [0.15, 0.2) is 72.0 Å². The Kier molecular flexibility index (Phi) is 7.38. The summed E-state index contributed by atoms with van der Waals surface area (Å²) in [6.45, 7) is 3.69. The van der Waals surface area contributed by atoms with Crippen LogP contribution >= 0.6 is 0 Å². The molecule has 1 aliphatic carbocycles. The minimum atomic E-state index is -0.0635. The second kappa shape index (κ2) is 10.8. The van der Waals surface area contributed by atoms with Gasteiger partial charge < -0.3 is 14.2 Å². The van der Waals surface area contributed by atoms with Crippen molar-refractivity contribution in [2.45, 2.75) is 58.0 Å². The number of carbonyl (C=O) groups excluding carboxylic acids is 1. The van der Waals surface area contributed by atoms with Gasteiger partial charge in [0, 0.05) is 25.5 Å². The fourth-order valence-electron chi connectivity index (χ4n) is 3.98. The topological polar surface area (TPSA) is 71.8 Å². The summed E-state index contributed by atoms with van der Waals surface area (Å²) in [4.78, 5) is 23.5. The first kappa shape index (κ1) is 21.9. The first-order valence-electron chi connectivity index (χ1n) is 11.5. The maximum Gasteiger partial charge on any atom is 0.323 e. The third-order valence-electron chi connectivity index (χ3n) is 5.68. The van der Waals surface area contributed by atoms with Gasteiger partial charge in [-0.1, -0.05) is 25.8 Å². The number of aliphatic imine (C=N–C) groups is 1. The third kappa shape index (κ3) is 5.66. The van der Waals surface area contributed by atoms with Crippen molar-refractivity contribution in [2.24, 2.45) is 4.99 Å². The second-order valence-corrected chi connectivity index (χ2v) is 8.11. The quantitative estimate of drug-likeness (QED) is 0.560. The van der Waals surface area contributed by atoms with Crippen molar-refractivity contribution in [1.82, 2.24) is 19.8 Å². The van der Waals surface area contributed by atoms with Gasteiger partial charge in [-0.05, 0) is 62.1 Å². The fourth-order valence-corrected chi connectivity index (χ4v) is 3.98. The number of amides is 2. The molecule has 1 aromatic heterocycles. The highest BCUT2D eigenvalue weighted by molar-refractivity contribution is 6.08.